The lowest BCUT2D eigenvalue weighted by atomic mass is 9.99. The molecular weight excluding hydrogens is 274 g/mol. The lowest BCUT2D eigenvalue weighted by molar-refractivity contribution is 0.628. The summed E-state index contributed by atoms with van der Waals surface area (Å²) in [6.45, 7) is 4.00. The number of hydrogen-bond donors (Lipinski definition) is 0. The molecule has 0 radical (unpaired) electrons. The fraction of sp³-hybridized carbons (Fsp3) is 0.231. The van der Waals surface area contributed by atoms with Gasteiger partial charge in [0.1, 0.15) is 17.3 Å². The number of aromatic nitrogens is 2. The van der Waals surface area contributed by atoms with Crippen LogP contribution in [0.5, 0.6) is 0 Å². The van der Waals surface area contributed by atoms with Crippen LogP contribution < -0.4 is 0 Å². The maximum atomic E-state index is 13.2. The highest BCUT2D eigenvalue weighted by atomic mass is 35.5. The third kappa shape index (κ3) is 2.47. The maximum Gasteiger partial charge on any atom is 0.141 e. The van der Waals surface area contributed by atoms with Crippen LogP contribution in [0.15, 0.2) is 24.5 Å². The molecule has 0 unspecified atom stereocenters. The Hall–Kier alpha value is -1.19. The molecule has 2 aromatic rings. The molecule has 0 saturated carbocycles. The SMILES string of the molecule is CC(C)c1c(Cl)ncnc1-c1ccc(F)c(Cl)c1. The molecule has 2 rings (SSSR count). The average molecular weight is 285 g/mol. The number of nitrogens with zero attached hydrogens (tertiary/aromatic N) is 2. The maximum absolute atomic E-state index is 13.2. The summed E-state index contributed by atoms with van der Waals surface area (Å²) in [6, 6.07) is 4.49. The van der Waals surface area contributed by atoms with Crippen LogP contribution in [0.4, 0.5) is 4.39 Å². The molecule has 1 heterocycles. The highest BCUT2D eigenvalue weighted by molar-refractivity contribution is 6.31. The van der Waals surface area contributed by atoms with Gasteiger partial charge in [-0.25, -0.2) is 14.4 Å². The van der Waals surface area contributed by atoms with Gasteiger partial charge in [-0.2, -0.15) is 0 Å². The molecule has 1 aromatic carbocycles. The summed E-state index contributed by atoms with van der Waals surface area (Å²) in [4.78, 5) is 8.20. The summed E-state index contributed by atoms with van der Waals surface area (Å²) < 4.78 is 13.2. The van der Waals surface area contributed by atoms with Gasteiger partial charge in [-0.05, 0) is 24.1 Å². The normalized spacial score (nSPS) is 11.0. The number of benzene rings is 1. The molecule has 0 saturated heterocycles. The minimum absolute atomic E-state index is 0.0666. The van der Waals surface area contributed by atoms with E-state index in [1.54, 1.807) is 12.1 Å². The summed E-state index contributed by atoms with van der Waals surface area (Å²) in [5, 5.41) is 0.479. The van der Waals surface area contributed by atoms with Crippen LogP contribution in [0, 0.1) is 5.82 Å². The number of rotatable bonds is 2. The van der Waals surface area contributed by atoms with E-state index in [-0.39, 0.29) is 10.9 Å². The molecule has 0 aliphatic heterocycles. The fourth-order valence-corrected chi connectivity index (χ4v) is 2.29. The average Bonchev–Trinajstić information content (AvgIpc) is 2.32. The molecular formula is C13H11Cl2FN2. The minimum atomic E-state index is -0.452. The van der Waals surface area contributed by atoms with E-state index in [2.05, 4.69) is 9.97 Å². The third-order valence-electron chi connectivity index (χ3n) is 2.61. The smallest absolute Gasteiger partial charge is 0.141 e. The molecule has 0 fully saturated rings. The Morgan fingerprint density at radius 3 is 2.50 bits per heavy atom. The van der Waals surface area contributed by atoms with E-state index in [4.69, 9.17) is 23.2 Å². The molecule has 0 N–H and O–H groups in total. The lowest BCUT2D eigenvalue weighted by Gasteiger charge is -2.13. The highest BCUT2D eigenvalue weighted by Crippen LogP contribution is 2.33. The van der Waals surface area contributed by atoms with E-state index in [9.17, 15) is 4.39 Å². The summed E-state index contributed by atoms with van der Waals surface area (Å²) in [5.74, 6) is -0.288. The third-order valence-corrected chi connectivity index (χ3v) is 3.20. The summed E-state index contributed by atoms with van der Waals surface area (Å²) in [7, 11) is 0. The van der Waals surface area contributed by atoms with Crippen LogP contribution >= 0.6 is 23.2 Å². The topological polar surface area (TPSA) is 25.8 Å². The van der Waals surface area contributed by atoms with Gasteiger partial charge in [0, 0.05) is 11.1 Å². The predicted molar refractivity (Wildman–Crippen MR) is 71.5 cm³/mol. The molecule has 0 bridgehead atoms. The summed E-state index contributed by atoms with van der Waals surface area (Å²) in [6.07, 6.45) is 1.39. The molecule has 5 heteroatoms. The van der Waals surface area contributed by atoms with Crippen molar-refractivity contribution in [3.63, 3.8) is 0 Å². The van der Waals surface area contributed by atoms with Gasteiger partial charge in [0.05, 0.1) is 10.7 Å². The van der Waals surface area contributed by atoms with Crippen LogP contribution in [-0.4, -0.2) is 9.97 Å². The summed E-state index contributed by atoms with van der Waals surface area (Å²) in [5.41, 5.74) is 2.25. The second-order valence-electron chi connectivity index (χ2n) is 4.21. The second-order valence-corrected chi connectivity index (χ2v) is 4.98. The van der Waals surface area contributed by atoms with Crippen molar-refractivity contribution in [2.24, 2.45) is 0 Å². The van der Waals surface area contributed by atoms with Gasteiger partial charge in [-0.15, -0.1) is 0 Å². The Morgan fingerprint density at radius 2 is 1.89 bits per heavy atom. The van der Waals surface area contributed by atoms with Crippen LogP contribution in [0.1, 0.15) is 25.3 Å². The number of halogens is 3. The summed E-state index contributed by atoms with van der Waals surface area (Å²) >= 11 is 11.9. The zero-order valence-electron chi connectivity index (χ0n) is 9.92. The van der Waals surface area contributed by atoms with Gasteiger partial charge in [0.15, 0.2) is 0 Å². The standard InChI is InChI=1S/C13H11Cl2FN2/c1-7(2)11-12(17-6-18-13(11)15)8-3-4-10(16)9(14)5-8/h3-7H,1-2H3. The Labute approximate surface area is 115 Å². The molecule has 0 aliphatic rings. The van der Waals surface area contributed by atoms with Crippen molar-refractivity contribution in [1.29, 1.82) is 0 Å². The van der Waals surface area contributed by atoms with Crippen LogP contribution in [-0.2, 0) is 0 Å². The van der Waals surface area contributed by atoms with Crippen LogP contribution in [0.2, 0.25) is 10.2 Å². The number of hydrogen-bond acceptors (Lipinski definition) is 2. The van der Waals surface area contributed by atoms with E-state index in [0.29, 0.717) is 10.8 Å². The molecule has 0 atom stereocenters. The van der Waals surface area contributed by atoms with E-state index in [0.717, 1.165) is 11.1 Å². The Kier molecular flexibility index (Phi) is 3.83. The van der Waals surface area contributed by atoms with E-state index in [1.807, 2.05) is 13.8 Å². The minimum Gasteiger partial charge on any atom is -0.236 e. The first-order valence-electron chi connectivity index (χ1n) is 5.46. The zero-order valence-corrected chi connectivity index (χ0v) is 11.4. The molecule has 2 nitrogen and oxygen atoms in total. The fourth-order valence-electron chi connectivity index (χ4n) is 1.76. The van der Waals surface area contributed by atoms with Crippen molar-refractivity contribution in [2.75, 3.05) is 0 Å². The van der Waals surface area contributed by atoms with Gasteiger partial charge >= 0.3 is 0 Å². The Morgan fingerprint density at radius 1 is 1.17 bits per heavy atom. The molecule has 0 spiro atoms. The monoisotopic (exact) mass is 284 g/mol. The molecule has 0 amide bonds. The first-order valence-corrected chi connectivity index (χ1v) is 6.22. The second kappa shape index (κ2) is 5.21. The Balaban J connectivity index is 2.63. The Bertz CT molecular complexity index is 585. The lowest BCUT2D eigenvalue weighted by Crippen LogP contribution is -1.99. The van der Waals surface area contributed by atoms with Crippen LogP contribution in [0.3, 0.4) is 0 Å². The van der Waals surface area contributed by atoms with Crippen molar-refractivity contribution < 1.29 is 4.39 Å². The zero-order chi connectivity index (χ0) is 13.3. The molecule has 1 aromatic heterocycles. The highest BCUT2D eigenvalue weighted by Gasteiger charge is 2.15. The van der Waals surface area contributed by atoms with Crippen molar-refractivity contribution in [3.05, 3.63) is 46.1 Å². The van der Waals surface area contributed by atoms with E-state index >= 15 is 0 Å². The van der Waals surface area contributed by atoms with Gasteiger partial charge in [0.2, 0.25) is 0 Å². The van der Waals surface area contributed by atoms with E-state index < -0.39 is 5.82 Å². The van der Waals surface area contributed by atoms with Crippen molar-refractivity contribution in [2.45, 2.75) is 19.8 Å². The van der Waals surface area contributed by atoms with Gasteiger partial charge < -0.3 is 0 Å². The van der Waals surface area contributed by atoms with Gasteiger partial charge in [0.25, 0.3) is 0 Å². The van der Waals surface area contributed by atoms with Crippen molar-refractivity contribution in [3.8, 4) is 11.3 Å². The van der Waals surface area contributed by atoms with E-state index in [1.165, 1.54) is 12.4 Å². The van der Waals surface area contributed by atoms with Crippen molar-refractivity contribution >= 4 is 23.2 Å². The molecule has 0 aliphatic carbocycles. The van der Waals surface area contributed by atoms with Crippen molar-refractivity contribution in [1.82, 2.24) is 9.97 Å². The first kappa shape index (κ1) is 13.2. The molecule has 94 valence electrons. The first-order chi connectivity index (χ1) is 8.50. The van der Waals surface area contributed by atoms with Gasteiger partial charge in [-0.1, -0.05) is 37.0 Å². The largest absolute Gasteiger partial charge is 0.236 e. The van der Waals surface area contributed by atoms with Crippen LogP contribution in [0.25, 0.3) is 11.3 Å². The quantitative estimate of drug-likeness (QED) is 0.746. The molecule has 18 heavy (non-hydrogen) atoms. The van der Waals surface area contributed by atoms with Gasteiger partial charge in [-0.3, -0.25) is 0 Å². The predicted octanol–water partition coefficient (Wildman–Crippen LogP) is 4.71.